The molecule has 1 saturated heterocycles. The zero-order valence-corrected chi connectivity index (χ0v) is 10.6. The van der Waals surface area contributed by atoms with Crippen LogP contribution in [0, 0.1) is 6.92 Å². The SMILES string of the molecule is Cc1ncccc1C(=O)NCC1(O)CCOC1C. The van der Waals surface area contributed by atoms with Crippen LogP contribution >= 0.6 is 0 Å². The number of amides is 1. The molecular formula is C13H18N2O3. The first-order valence-corrected chi connectivity index (χ1v) is 6.07. The van der Waals surface area contributed by atoms with Crippen molar-refractivity contribution in [3.8, 4) is 0 Å². The largest absolute Gasteiger partial charge is 0.385 e. The van der Waals surface area contributed by atoms with Crippen LogP contribution in [0.15, 0.2) is 18.3 Å². The van der Waals surface area contributed by atoms with Gasteiger partial charge in [-0.15, -0.1) is 0 Å². The van der Waals surface area contributed by atoms with Crippen molar-refractivity contribution < 1.29 is 14.6 Å². The third-order valence-corrected chi connectivity index (χ3v) is 3.47. The van der Waals surface area contributed by atoms with Crippen molar-refractivity contribution in [1.82, 2.24) is 10.3 Å². The molecule has 1 fully saturated rings. The maximum absolute atomic E-state index is 12.0. The predicted molar refractivity (Wildman–Crippen MR) is 66.3 cm³/mol. The van der Waals surface area contributed by atoms with Crippen LogP contribution in [0.5, 0.6) is 0 Å². The van der Waals surface area contributed by atoms with Crippen molar-refractivity contribution in [3.63, 3.8) is 0 Å². The van der Waals surface area contributed by atoms with Crippen LogP contribution in [0.1, 0.15) is 29.4 Å². The molecule has 2 heterocycles. The van der Waals surface area contributed by atoms with Crippen LogP contribution in [0.3, 0.4) is 0 Å². The van der Waals surface area contributed by atoms with Crippen LogP contribution in [0.4, 0.5) is 0 Å². The number of aryl methyl sites for hydroxylation is 1. The molecule has 1 aromatic rings. The van der Waals surface area contributed by atoms with Gasteiger partial charge in [-0.05, 0) is 26.0 Å². The number of nitrogens with zero attached hydrogens (tertiary/aromatic N) is 1. The Bertz CT molecular complexity index is 450. The van der Waals surface area contributed by atoms with Gasteiger partial charge in [0.1, 0.15) is 5.60 Å². The van der Waals surface area contributed by atoms with E-state index in [9.17, 15) is 9.90 Å². The van der Waals surface area contributed by atoms with E-state index >= 15 is 0 Å². The summed E-state index contributed by atoms with van der Waals surface area (Å²) in [6.07, 6.45) is 1.93. The number of pyridine rings is 1. The zero-order chi connectivity index (χ0) is 13.2. The summed E-state index contributed by atoms with van der Waals surface area (Å²) in [4.78, 5) is 16.0. The molecule has 1 aliphatic rings. The summed E-state index contributed by atoms with van der Waals surface area (Å²) < 4.78 is 5.32. The number of hydrogen-bond acceptors (Lipinski definition) is 4. The van der Waals surface area contributed by atoms with Crippen molar-refractivity contribution in [3.05, 3.63) is 29.6 Å². The molecule has 1 aromatic heterocycles. The molecule has 18 heavy (non-hydrogen) atoms. The topological polar surface area (TPSA) is 71.5 Å². The van der Waals surface area contributed by atoms with E-state index in [0.29, 0.717) is 24.3 Å². The fourth-order valence-electron chi connectivity index (χ4n) is 2.06. The Morgan fingerprint density at radius 3 is 3.11 bits per heavy atom. The number of rotatable bonds is 3. The van der Waals surface area contributed by atoms with Gasteiger partial charge in [-0.2, -0.15) is 0 Å². The lowest BCUT2D eigenvalue weighted by atomic mass is 9.96. The Kier molecular flexibility index (Phi) is 3.63. The second-order valence-corrected chi connectivity index (χ2v) is 4.69. The summed E-state index contributed by atoms with van der Waals surface area (Å²) in [6, 6.07) is 3.44. The van der Waals surface area contributed by atoms with Crippen LogP contribution < -0.4 is 5.32 Å². The number of nitrogens with one attached hydrogen (secondary N) is 1. The second-order valence-electron chi connectivity index (χ2n) is 4.69. The van der Waals surface area contributed by atoms with E-state index in [1.165, 1.54) is 0 Å². The molecule has 1 aliphatic heterocycles. The van der Waals surface area contributed by atoms with Gasteiger partial charge in [0.2, 0.25) is 0 Å². The van der Waals surface area contributed by atoms with Gasteiger partial charge < -0.3 is 15.2 Å². The van der Waals surface area contributed by atoms with Crippen LogP contribution in [-0.2, 0) is 4.74 Å². The molecule has 2 N–H and O–H groups in total. The van der Waals surface area contributed by atoms with E-state index in [4.69, 9.17) is 4.74 Å². The Hall–Kier alpha value is -1.46. The lowest BCUT2D eigenvalue weighted by Gasteiger charge is -2.26. The summed E-state index contributed by atoms with van der Waals surface area (Å²) in [7, 11) is 0. The highest BCUT2D eigenvalue weighted by molar-refractivity contribution is 5.95. The number of ether oxygens (including phenoxy) is 1. The number of aromatic nitrogens is 1. The van der Waals surface area contributed by atoms with Gasteiger partial charge in [-0.3, -0.25) is 9.78 Å². The highest BCUT2D eigenvalue weighted by Crippen LogP contribution is 2.24. The average molecular weight is 250 g/mol. The minimum Gasteiger partial charge on any atom is -0.385 e. The molecule has 0 radical (unpaired) electrons. The Morgan fingerprint density at radius 1 is 1.72 bits per heavy atom. The van der Waals surface area contributed by atoms with E-state index in [1.54, 1.807) is 25.3 Å². The number of carbonyl (C=O) groups is 1. The molecular weight excluding hydrogens is 232 g/mol. The normalized spacial score (nSPS) is 27.2. The summed E-state index contributed by atoms with van der Waals surface area (Å²) in [5.74, 6) is -0.215. The van der Waals surface area contributed by atoms with Gasteiger partial charge >= 0.3 is 0 Å². The van der Waals surface area contributed by atoms with Crippen molar-refractivity contribution in [2.75, 3.05) is 13.2 Å². The molecule has 2 rings (SSSR count). The summed E-state index contributed by atoms with van der Waals surface area (Å²) >= 11 is 0. The van der Waals surface area contributed by atoms with E-state index in [1.807, 2.05) is 6.92 Å². The molecule has 98 valence electrons. The van der Waals surface area contributed by atoms with E-state index in [0.717, 1.165) is 0 Å². The quantitative estimate of drug-likeness (QED) is 0.826. The van der Waals surface area contributed by atoms with Crippen LogP contribution in [0.2, 0.25) is 0 Å². The maximum atomic E-state index is 12.0. The summed E-state index contributed by atoms with van der Waals surface area (Å²) in [5.41, 5.74) is 0.247. The maximum Gasteiger partial charge on any atom is 0.253 e. The van der Waals surface area contributed by atoms with Gasteiger partial charge in [0, 0.05) is 31.5 Å². The predicted octanol–water partition coefficient (Wildman–Crippen LogP) is 0.660. The lowest BCUT2D eigenvalue weighted by Crippen LogP contribution is -2.47. The number of hydrogen-bond donors (Lipinski definition) is 2. The van der Waals surface area contributed by atoms with Gasteiger partial charge in [0.25, 0.3) is 5.91 Å². The van der Waals surface area contributed by atoms with Crippen molar-refractivity contribution in [1.29, 1.82) is 0 Å². The first kappa shape index (κ1) is 13.0. The van der Waals surface area contributed by atoms with Gasteiger partial charge in [0.05, 0.1) is 11.7 Å². The molecule has 2 unspecified atom stereocenters. The van der Waals surface area contributed by atoms with E-state index in [2.05, 4.69) is 10.3 Å². The average Bonchev–Trinajstić information content (AvgIpc) is 2.68. The highest BCUT2D eigenvalue weighted by atomic mass is 16.5. The first-order valence-electron chi connectivity index (χ1n) is 6.07. The zero-order valence-electron chi connectivity index (χ0n) is 10.6. The second kappa shape index (κ2) is 5.04. The van der Waals surface area contributed by atoms with E-state index in [-0.39, 0.29) is 18.6 Å². The molecule has 0 saturated carbocycles. The summed E-state index contributed by atoms with van der Waals surface area (Å²) in [5, 5.41) is 13.0. The third-order valence-electron chi connectivity index (χ3n) is 3.47. The first-order chi connectivity index (χ1) is 8.53. The fraction of sp³-hybridized carbons (Fsp3) is 0.538. The van der Waals surface area contributed by atoms with Gasteiger partial charge in [0.15, 0.2) is 0 Å². The molecule has 2 atom stereocenters. The lowest BCUT2D eigenvalue weighted by molar-refractivity contribution is -0.0251. The highest BCUT2D eigenvalue weighted by Gasteiger charge is 2.39. The van der Waals surface area contributed by atoms with Gasteiger partial charge in [-0.25, -0.2) is 0 Å². The molecule has 1 amide bonds. The minimum absolute atomic E-state index is 0.196. The molecule has 0 aromatic carbocycles. The molecule has 0 aliphatic carbocycles. The van der Waals surface area contributed by atoms with Crippen LogP contribution in [-0.4, -0.2) is 40.9 Å². The summed E-state index contributed by atoms with van der Waals surface area (Å²) in [6.45, 7) is 4.32. The van der Waals surface area contributed by atoms with E-state index < -0.39 is 5.60 Å². The Labute approximate surface area is 106 Å². The monoisotopic (exact) mass is 250 g/mol. The third kappa shape index (κ3) is 2.52. The Balaban J connectivity index is 1.99. The number of carbonyl (C=O) groups excluding carboxylic acids is 1. The molecule has 5 nitrogen and oxygen atoms in total. The number of aliphatic hydroxyl groups is 1. The van der Waals surface area contributed by atoms with Crippen molar-refractivity contribution in [2.45, 2.75) is 32.0 Å². The molecule has 0 spiro atoms. The molecule has 0 bridgehead atoms. The van der Waals surface area contributed by atoms with Crippen molar-refractivity contribution in [2.24, 2.45) is 0 Å². The fourth-order valence-corrected chi connectivity index (χ4v) is 2.06. The standard InChI is InChI=1S/C13H18N2O3/c1-9-11(4-3-6-14-9)12(16)15-8-13(17)5-7-18-10(13)2/h3-4,6,10,17H,5,7-8H2,1-2H3,(H,15,16). The minimum atomic E-state index is -0.966. The molecule has 5 heteroatoms. The van der Waals surface area contributed by atoms with Crippen molar-refractivity contribution >= 4 is 5.91 Å². The Morgan fingerprint density at radius 2 is 2.50 bits per heavy atom. The van der Waals surface area contributed by atoms with Gasteiger partial charge in [-0.1, -0.05) is 0 Å². The van der Waals surface area contributed by atoms with Crippen LogP contribution in [0.25, 0.3) is 0 Å². The smallest absolute Gasteiger partial charge is 0.253 e.